The fraction of sp³-hybridized carbons (Fsp3) is 1.00. The van der Waals surface area contributed by atoms with E-state index in [2.05, 4.69) is 35.0 Å². The molecule has 0 amide bonds. The topological polar surface area (TPSA) is 0 Å². The van der Waals surface area contributed by atoms with Gasteiger partial charge in [0.25, 0.3) is 0 Å². The van der Waals surface area contributed by atoms with Crippen LogP contribution < -0.4 is 0 Å². The summed E-state index contributed by atoms with van der Waals surface area (Å²) in [6.45, 7) is 4.44. The number of hydrogen-bond donors (Lipinski definition) is 0. The van der Waals surface area contributed by atoms with E-state index < -0.39 is 0 Å². The number of nitrogens with zero attached hydrogens (tertiary/aromatic N) is 1. The van der Waals surface area contributed by atoms with Crippen LogP contribution in [0.2, 0.25) is 0 Å². The van der Waals surface area contributed by atoms with Crippen molar-refractivity contribution in [1.82, 2.24) is 0 Å². The van der Waals surface area contributed by atoms with Crippen molar-refractivity contribution in [2.75, 3.05) is 21.1 Å². The van der Waals surface area contributed by atoms with E-state index in [1.54, 1.807) is 0 Å². The first-order chi connectivity index (χ1) is 2.94. The van der Waals surface area contributed by atoms with E-state index in [9.17, 15) is 0 Å². The Labute approximate surface area is 54.9 Å². The summed E-state index contributed by atoms with van der Waals surface area (Å²) in [5, 5.41) is 0. The van der Waals surface area contributed by atoms with Gasteiger partial charge in [0.15, 0.2) is 0 Å². The molecule has 1 nitrogen and oxygen atoms in total. The second-order valence-corrected chi connectivity index (χ2v) is 3.21. The van der Waals surface area contributed by atoms with Crippen molar-refractivity contribution in [2.24, 2.45) is 0 Å². The third-order valence-corrected chi connectivity index (χ3v) is 1.55. The Hall–Kier alpha value is 0.0249. The zero-order chi connectivity index (χ0) is 6.08. The lowest BCUT2D eigenvalue weighted by Gasteiger charge is -2.28. The molecular formula is C6H16BN+. The van der Waals surface area contributed by atoms with Gasteiger partial charge in [-0.1, -0.05) is 0 Å². The molecular weight excluding hydrogens is 96.9 g/mol. The van der Waals surface area contributed by atoms with Crippen molar-refractivity contribution in [1.29, 1.82) is 0 Å². The molecule has 0 aliphatic rings. The van der Waals surface area contributed by atoms with Gasteiger partial charge in [-0.2, -0.15) is 0 Å². The molecule has 0 atom stereocenters. The highest BCUT2D eigenvalue weighted by atomic mass is 15.3. The largest absolute Gasteiger partial charge is 0.329 e. The van der Waals surface area contributed by atoms with Crippen molar-refractivity contribution in [3.8, 4) is 0 Å². The van der Waals surface area contributed by atoms with E-state index in [-0.39, 0.29) is 8.41 Å². The van der Waals surface area contributed by atoms with Crippen LogP contribution in [-0.2, 0) is 0 Å². The van der Waals surface area contributed by atoms with Gasteiger partial charge in [0.05, 0.1) is 27.2 Å². The standard InChI is InChI=1S/C6H16N.B/c1-6(2)7(3,4)5;/h6H,1-5H3;/q+1;. The number of quaternary nitrogens is 1. The summed E-state index contributed by atoms with van der Waals surface area (Å²) < 4.78 is 1.06. The molecule has 0 aromatic heterocycles. The lowest BCUT2D eigenvalue weighted by Crippen LogP contribution is -2.41. The summed E-state index contributed by atoms with van der Waals surface area (Å²) in [6, 6.07) is 0.736. The minimum absolute atomic E-state index is 0. The maximum Gasteiger partial charge on any atom is 0.0827 e. The predicted octanol–water partition coefficient (Wildman–Crippen LogP) is 0.720. The summed E-state index contributed by atoms with van der Waals surface area (Å²) in [6.07, 6.45) is 0. The van der Waals surface area contributed by atoms with Gasteiger partial charge < -0.3 is 4.48 Å². The molecule has 2 heteroatoms. The van der Waals surface area contributed by atoms with Crippen LogP contribution in [0.15, 0.2) is 0 Å². The Bertz CT molecular complexity index is 54.0. The minimum atomic E-state index is 0. The highest BCUT2D eigenvalue weighted by Gasteiger charge is 2.10. The van der Waals surface area contributed by atoms with E-state index in [1.165, 1.54) is 0 Å². The number of hydrogen-bond acceptors (Lipinski definition) is 0. The summed E-state index contributed by atoms with van der Waals surface area (Å²) in [7, 11) is 6.60. The molecule has 0 fully saturated rings. The first-order valence-corrected chi connectivity index (χ1v) is 2.75. The average molecular weight is 113 g/mol. The van der Waals surface area contributed by atoms with Gasteiger partial charge in [-0.3, -0.25) is 0 Å². The first-order valence-electron chi connectivity index (χ1n) is 2.75. The van der Waals surface area contributed by atoms with Gasteiger partial charge in [0.2, 0.25) is 0 Å². The molecule has 0 rings (SSSR count). The van der Waals surface area contributed by atoms with E-state index in [0.717, 1.165) is 10.5 Å². The second kappa shape index (κ2) is 3.13. The zero-order valence-electron chi connectivity index (χ0n) is 6.60. The first kappa shape index (κ1) is 10.9. The van der Waals surface area contributed by atoms with Crippen LogP contribution in [0.25, 0.3) is 0 Å². The molecule has 0 aromatic carbocycles. The normalized spacial score (nSPS) is 11.2. The predicted molar refractivity (Wildman–Crippen MR) is 38.9 cm³/mol. The Morgan fingerprint density at radius 2 is 1.12 bits per heavy atom. The van der Waals surface area contributed by atoms with Crippen LogP contribution in [0.4, 0.5) is 0 Å². The fourth-order valence-electron chi connectivity index (χ4n) is 0. The monoisotopic (exact) mass is 113 g/mol. The van der Waals surface area contributed by atoms with Crippen molar-refractivity contribution in [3.05, 3.63) is 0 Å². The maximum absolute atomic E-state index is 2.22. The second-order valence-electron chi connectivity index (χ2n) is 3.21. The lowest BCUT2D eigenvalue weighted by molar-refractivity contribution is -0.891. The summed E-state index contributed by atoms with van der Waals surface area (Å²) in [5.41, 5.74) is 0. The van der Waals surface area contributed by atoms with Crippen molar-refractivity contribution in [3.63, 3.8) is 0 Å². The van der Waals surface area contributed by atoms with Gasteiger partial charge in [-0.05, 0) is 13.8 Å². The summed E-state index contributed by atoms with van der Waals surface area (Å²) in [4.78, 5) is 0. The Balaban J connectivity index is 0. The molecule has 8 heavy (non-hydrogen) atoms. The van der Waals surface area contributed by atoms with Gasteiger partial charge in [-0.25, -0.2) is 0 Å². The van der Waals surface area contributed by atoms with Gasteiger partial charge >= 0.3 is 0 Å². The summed E-state index contributed by atoms with van der Waals surface area (Å²) >= 11 is 0. The molecule has 0 saturated heterocycles. The molecule has 3 radical (unpaired) electrons. The van der Waals surface area contributed by atoms with E-state index in [0.29, 0.717) is 0 Å². The molecule has 0 saturated carbocycles. The van der Waals surface area contributed by atoms with Crippen molar-refractivity contribution < 1.29 is 4.48 Å². The third-order valence-electron chi connectivity index (χ3n) is 1.55. The van der Waals surface area contributed by atoms with Gasteiger partial charge in [0, 0.05) is 8.41 Å². The molecule has 0 heterocycles. The zero-order valence-corrected chi connectivity index (χ0v) is 6.60. The van der Waals surface area contributed by atoms with Crippen LogP contribution in [0, 0.1) is 0 Å². The van der Waals surface area contributed by atoms with Crippen molar-refractivity contribution in [2.45, 2.75) is 19.9 Å². The van der Waals surface area contributed by atoms with Crippen LogP contribution in [0.3, 0.4) is 0 Å². The average Bonchev–Trinajstić information content (AvgIpc) is 1.31. The Kier molecular flexibility index (Phi) is 4.27. The summed E-state index contributed by atoms with van der Waals surface area (Å²) in [5.74, 6) is 0. The third kappa shape index (κ3) is 4.19. The van der Waals surface area contributed by atoms with Gasteiger partial charge in [-0.15, -0.1) is 0 Å². The number of rotatable bonds is 1. The van der Waals surface area contributed by atoms with Crippen LogP contribution >= 0.6 is 0 Å². The van der Waals surface area contributed by atoms with Crippen LogP contribution in [0.1, 0.15) is 13.8 Å². The highest BCUT2D eigenvalue weighted by molar-refractivity contribution is 5.75. The Morgan fingerprint density at radius 1 is 1.00 bits per heavy atom. The van der Waals surface area contributed by atoms with Crippen molar-refractivity contribution >= 4 is 8.41 Å². The molecule has 0 aliphatic carbocycles. The Morgan fingerprint density at radius 3 is 1.12 bits per heavy atom. The molecule has 0 bridgehead atoms. The van der Waals surface area contributed by atoms with Gasteiger partial charge in [0.1, 0.15) is 0 Å². The SMILES string of the molecule is CC(C)[N+](C)(C)C.[B]. The lowest BCUT2D eigenvalue weighted by atomic mass is 10.3. The minimum Gasteiger partial charge on any atom is -0.329 e. The molecule has 0 N–H and O–H groups in total. The quantitative estimate of drug-likeness (QED) is 0.347. The smallest absolute Gasteiger partial charge is 0.0827 e. The highest BCUT2D eigenvalue weighted by Crippen LogP contribution is 1.97. The van der Waals surface area contributed by atoms with Crippen LogP contribution in [-0.4, -0.2) is 40.1 Å². The van der Waals surface area contributed by atoms with E-state index >= 15 is 0 Å². The molecule has 0 spiro atoms. The maximum atomic E-state index is 2.22. The molecule has 47 valence electrons. The fourth-order valence-corrected chi connectivity index (χ4v) is 0. The van der Waals surface area contributed by atoms with E-state index in [1.807, 2.05) is 0 Å². The molecule has 0 aliphatic heterocycles. The van der Waals surface area contributed by atoms with Crippen LogP contribution in [0.5, 0.6) is 0 Å². The molecule has 0 aromatic rings. The molecule has 0 unspecified atom stereocenters. The van der Waals surface area contributed by atoms with E-state index in [4.69, 9.17) is 0 Å².